The van der Waals surface area contributed by atoms with Crippen LogP contribution >= 0.6 is 11.3 Å². The van der Waals surface area contributed by atoms with Gasteiger partial charge in [0.1, 0.15) is 0 Å². The molecule has 1 fully saturated rings. The first-order valence-electron chi connectivity index (χ1n) is 5.99. The summed E-state index contributed by atoms with van der Waals surface area (Å²) in [5.74, 6) is -0.995. The minimum atomic E-state index is -0.879. The fraction of sp³-hybridized carbons (Fsp3) is 0.615. The molecule has 0 radical (unpaired) electrons. The van der Waals surface area contributed by atoms with E-state index in [9.17, 15) is 9.90 Å². The van der Waals surface area contributed by atoms with Crippen molar-refractivity contribution in [1.29, 1.82) is 0 Å². The molecule has 1 aliphatic rings. The van der Waals surface area contributed by atoms with Gasteiger partial charge < -0.3 is 14.6 Å². The Kier molecular flexibility index (Phi) is 4.04. The molecule has 4 nitrogen and oxygen atoms in total. The van der Waals surface area contributed by atoms with Crippen LogP contribution in [0.3, 0.4) is 0 Å². The lowest BCUT2D eigenvalue weighted by molar-refractivity contribution is -0.156. The molecule has 2 atom stereocenters. The zero-order valence-corrected chi connectivity index (χ0v) is 11.4. The Balaban J connectivity index is 2.31. The van der Waals surface area contributed by atoms with Gasteiger partial charge in [0.05, 0.1) is 31.3 Å². The van der Waals surface area contributed by atoms with Crippen LogP contribution in [-0.2, 0) is 14.3 Å². The van der Waals surface area contributed by atoms with E-state index in [1.165, 1.54) is 0 Å². The van der Waals surface area contributed by atoms with Gasteiger partial charge in [0.25, 0.3) is 0 Å². The highest BCUT2D eigenvalue weighted by Crippen LogP contribution is 2.42. The summed E-state index contributed by atoms with van der Waals surface area (Å²) in [6.07, 6.45) is -0.191. The fourth-order valence-corrected chi connectivity index (χ4v) is 3.37. The van der Waals surface area contributed by atoms with Gasteiger partial charge in [-0.15, -0.1) is 11.3 Å². The largest absolute Gasteiger partial charge is 0.481 e. The van der Waals surface area contributed by atoms with E-state index in [1.54, 1.807) is 25.2 Å². The second-order valence-electron chi connectivity index (χ2n) is 5.00. The van der Waals surface area contributed by atoms with Crippen LogP contribution in [0.1, 0.15) is 24.6 Å². The van der Waals surface area contributed by atoms with E-state index >= 15 is 0 Å². The van der Waals surface area contributed by atoms with Crippen molar-refractivity contribution in [2.75, 3.05) is 19.8 Å². The van der Waals surface area contributed by atoms with Crippen molar-refractivity contribution in [2.45, 2.75) is 25.9 Å². The molecule has 1 aromatic rings. The van der Waals surface area contributed by atoms with E-state index in [0.29, 0.717) is 19.8 Å². The quantitative estimate of drug-likeness (QED) is 0.912. The molecule has 100 valence electrons. The lowest BCUT2D eigenvalue weighted by Gasteiger charge is -2.37. The SMILES string of the molecule is CC(C)(C(=O)O)C(c1cccs1)C1COCCO1. The van der Waals surface area contributed by atoms with E-state index in [1.807, 2.05) is 17.5 Å². The average molecular weight is 270 g/mol. The summed E-state index contributed by atoms with van der Waals surface area (Å²) >= 11 is 1.57. The highest BCUT2D eigenvalue weighted by Gasteiger charge is 2.44. The van der Waals surface area contributed by atoms with Crippen LogP contribution in [0.15, 0.2) is 17.5 Å². The van der Waals surface area contributed by atoms with Crippen LogP contribution in [0.5, 0.6) is 0 Å². The summed E-state index contributed by atoms with van der Waals surface area (Å²) in [7, 11) is 0. The normalized spacial score (nSPS) is 22.7. The van der Waals surface area contributed by atoms with Crippen molar-refractivity contribution in [3.05, 3.63) is 22.4 Å². The van der Waals surface area contributed by atoms with Gasteiger partial charge in [0, 0.05) is 10.8 Å². The standard InChI is InChI=1S/C13H18O4S/c1-13(2,12(14)15)11(10-4-3-7-18-10)9-8-16-5-6-17-9/h3-4,7,9,11H,5-6,8H2,1-2H3,(H,14,15). The molecule has 2 unspecified atom stereocenters. The van der Waals surface area contributed by atoms with Crippen LogP contribution in [0.4, 0.5) is 0 Å². The molecule has 0 aliphatic carbocycles. The predicted molar refractivity (Wildman–Crippen MR) is 69.0 cm³/mol. The first-order chi connectivity index (χ1) is 8.53. The van der Waals surface area contributed by atoms with E-state index < -0.39 is 11.4 Å². The van der Waals surface area contributed by atoms with Gasteiger partial charge in [0.15, 0.2) is 0 Å². The Labute approximate surface area is 111 Å². The average Bonchev–Trinajstić information content (AvgIpc) is 2.83. The summed E-state index contributed by atoms with van der Waals surface area (Å²) in [6, 6.07) is 3.91. The summed E-state index contributed by atoms with van der Waals surface area (Å²) < 4.78 is 11.1. The maximum Gasteiger partial charge on any atom is 0.309 e. The van der Waals surface area contributed by atoms with Crippen LogP contribution < -0.4 is 0 Å². The van der Waals surface area contributed by atoms with E-state index in [0.717, 1.165) is 4.88 Å². The number of hydrogen-bond acceptors (Lipinski definition) is 4. The Hall–Kier alpha value is -0.910. The molecule has 18 heavy (non-hydrogen) atoms. The second kappa shape index (κ2) is 5.38. The predicted octanol–water partition coefficient (Wildman–Crippen LogP) is 2.36. The smallest absolute Gasteiger partial charge is 0.309 e. The van der Waals surface area contributed by atoms with Crippen LogP contribution in [-0.4, -0.2) is 37.0 Å². The molecular weight excluding hydrogens is 252 g/mol. The van der Waals surface area contributed by atoms with Crippen molar-refractivity contribution in [1.82, 2.24) is 0 Å². The second-order valence-corrected chi connectivity index (χ2v) is 5.98. The lowest BCUT2D eigenvalue weighted by Crippen LogP contribution is -2.43. The van der Waals surface area contributed by atoms with Gasteiger partial charge >= 0.3 is 5.97 Å². The van der Waals surface area contributed by atoms with Crippen molar-refractivity contribution in [3.8, 4) is 0 Å². The molecule has 1 N–H and O–H groups in total. The van der Waals surface area contributed by atoms with Crippen LogP contribution in [0.2, 0.25) is 0 Å². The number of carboxylic acids is 1. The number of carbonyl (C=O) groups is 1. The highest BCUT2D eigenvalue weighted by atomic mass is 32.1. The number of ether oxygens (including phenoxy) is 2. The number of aliphatic carboxylic acids is 1. The van der Waals surface area contributed by atoms with Gasteiger partial charge in [-0.1, -0.05) is 6.07 Å². The number of rotatable bonds is 4. The zero-order chi connectivity index (χ0) is 13.2. The first-order valence-corrected chi connectivity index (χ1v) is 6.87. The molecule has 2 rings (SSSR count). The third-order valence-electron chi connectivity index (χ3n) is 3.39. The fourth-order valence-electron chi connectivity index (χ4n) is 2.30. The van der Waals surface area contributed by atoms with E-state index in [4.69, 9.17) is 9.47 Å². The van der Waals surface area contributed by atoms with Gasteiger partial charge in [-0.3, -0.25) is 4.79 Å². The maximum atomic E-state index is 11.5. The molecular formula is C13H18O4S. The molecule has 2 heterocycles. The Bertz CT molecular complexity index is 393. The molecule has 1 saturated heterocycles. The molecule has 0 amide bonds. The van der Waals surface area contributed by atoms with E-state index in [2.05, 4.69) is 0 Å². The summed E-state index contributed by atoms with van der Waals surface area (Å²) in [5, 5.41) is 11.4. The third-order valence-corrected chi connectivity index (χ3v) is 4.35. The van der Waals surface area contributed by atoms with Gasteiger partial charge in [-0.2, -0.15) is 0 Å². The lowest BCUT2D eigenvalue weighted by atomic mass is 9.74. The summed E-state index contributed by atoms with van der Waals surface area (Å²) in [6.45, 7) is 5.07. The van der Waals surface area contributed by atoms with Gasteiger partial charge in [-0.25, -0.2) is 0 Å². The maximum absolute atomic E-state index is 11.5. The molecule has 0 aromatic carbocycles. The van der Waals surface area contributed by atoms with Crippen LogP contribution in [0.25, 0.3) is 0 Å². The molecule has 1 aromatic heterocycles. The van der Waals surface area contributed by atoms with E-state index in [-0.39, 0.29) is 12.0 Å². The minimum Gasteiger partial charge on any atom is -0.481 e. The number of carboxylic acid groups (broad SMARTS) is 1. The minimum absolute atomic E-state index is 0.185. The molecule has 0 saturated carbocycles. The highest BCUT2D eigenvalue weighted by molar-refractivity contribution is 7.10. The molecule has 1 aliphatic heterocycles. The van der Waals surface area contributed by atoms with Crippen molar-refractivity contribution < 1.29 is 19.4 Å². The summed E-state index contributed by atoms with van der Waals surface area (Å²) in [4.78, 5) is 12.5. The monoisotopic (exact) mass is 270 g/mol. The number of thiophene rings is 1. The van der Waals surface area contributed by atoms with Crippen molar-refractivity contribution >= 4 is 17.3 Å². The Morgan fingerprint density at radius 3 is 2.83 bits per heavy atom. The van der Waals surface area contributed by atoms with Gasteiger partial charge in [-0.05, 0) is 25.3 Å². The zero-order valence-electron chi connectivity index (χ0n) is 10.6. The van der Waals surface area contributed by atoms with Crippen LogP contribution in [0, 0.1) is 5.41 Å². The molecule has 0 bridgehead atoms. The summed E-state index contributed by atoms with van der Waals surface area (Å²) in [5.41, 5.74) is -0.879. The van der Waals surface area contributed by atoms with Crippen molar-refractivity contribution in [3.63, 3.8) is 0 Å². The Morgan fingerprint density at radius 1 is 1.56 bits per heavy atom. The Morgan fingerprint density at radius 2 is 2.33 bits per heavy atom. The van der Waals surface area contributed by atoms with Gasteiger partial charge in [0.2, 0.25) is 0 Å². The number of hydrogen-bond donors (Lipinski definition) is 1. The molecule has 0 spiro atoms. The topological polar surface area (TPSA) is 55.8 Å². The molecule has 5 heteroatoms. The third kappa shape index (κ3) is 2.58. The van der Waals surface area contributed by atoms with Crippen molar-refractivity contribution in [2.24, 2.45) is 5.41 Å². The first kappa shape index (κ1) is 13.5.